The first kappa shape index (κ1) is 11.3. The topological polar surface area (TPSA) is 55.5 Å². The van der Waals surface area contributed by atoms with E-state index >= 15 is 0 Å². The first-order valence-electron chi connectivity index (χ1n) is 4.33. The third kappa shape index (κ3) is 2.38. The lowest BCUT2D eigenvalue weighted by atomic mass is 10.0. The Labute approximate surface area is 88.4 Å². The molecule has 0 aliphatic heterocycles. The first-order chi connectivity index (χ1) is 6.56. The number of halogens is 1. The number of nitrogens with two attached hydrogens (primary N) is 1. The molecule has 0 amide bonds. The van der Waals surface area contributed by atoms with Gasteiger partial charge in [-0.2, -0.15) is 0 Å². The van der Waals surface area contributed by atoms with Crippen molar-refractivity contribution in [3.05, 3.63) is 28.8 Å². The molecule has 78 valence electrons. The molecule has 3 N–H and O–H groups in total. The van der Waals surface area contributed by atoms with Crippen molar-refractivity contribution in [1.29, 1.82) is 0 Å². The molecular weight excluding hydrogens is 202 g/mol. The van der Waals surface area contributed by atoms with Crippen LogP contribution in [0.4, 0.5) is 0 Å². The molecule has 0 bridgehead atoms. The van der Waals surface area contributed by atoms with Crippen molar-refractivity contribution in [2.24, 2.45) is 5.73 Å². The van der Waals surface area contributed by atoms with Gasteiger partial charge in [0.05, 0.1) is 13.2 Å². The zero-order chi connectivity index (χ0) is 10.7. The summed E-state index contributed by atoms with van der Waals surface area (Å²) in [4.78, 5) is 0. The summed E-state index contributed by atoms with van der Waals surface area (Å²) in [5.74, 6) is 0.596. The van der Waals surface area contributed by atoms with Crippen LogP contribution < -0.4 is 10.5 Å². The molecule has 2 unspecified atom stereocenters. The minimum Gasteiger partial charge on any atom is -0.496 e. The van der Waals surface area contributed by atoms with Crippen molar-refractivity contribution in [3.8, 4) is 5.75 Å². The molecule has 0 aliphatic rings. The van der Waals surface area contributed by atoms with Crippen LogP contribution in [0, 0.1) is 0 Å². The molecule has 1 rings (SSSR count). The summed E-state index contributed by atoms with van der Waals surface area (Å²) in [7, 11) is 1.54. The van der Waals surface area contributed by atoms with Crippen LogP contribution in [0.25, 0.3) is 0 Å². The second-order valence-electron chi connectivity index (χ2n) is 3.19. The number of hydrogen-bond acceptors (Lipinski definition) is 3. The minimum absolute atomic E-state index is 0.359. The Balaban J connectivity index is 3.10. The molecular formula is C10H14ClNO2. The highest BCUT2D eigenvalue weighted by atomic mass is 35.5. The van der Waals surface area contributed by atoms with Crippen LogP contribution in [-0.2, 0) is 0 Å². The number of rotatable bonds is 3. The molecule has 0 aliphatic carbocycles. The van der Waals surface area contributed by atoms with E-state index in [1.54, 1.807) is 32.2 Å². The first-order valence-corrected chi connectivity index (χ1v) is 4.71. The van der Waals surface area contributed by atoms with Crippen molar-refractivity contribution in [2.45, 2.75) is 19.1 Å². The van der Waals surface area contributed by atoms with Crippen LogP contribution in [0.3, 0.4) is 0 Å². The number of methoxy groups -OCH3 is 1. The number of benzene rings is 1. The van der Waals surface area contributed by atoms with E-state index in [4.69, 9.17) is 22.1 Å². The maximum Gasteiger partial charge on any atom is 0.124 e. The summed E-state index contributed by atoms with van der Waals surface area (Å²) in [5, 5.41) is 10.3. The van der Waals surface area contributed by atoms with Crippen LogP contribution >= 0.6 is 11.6 Å². The maximum atomic E-state index is 9.77. The largest absolute Gasteiger partial charge is 0.496 e. The van der Waals surface area contributed by atoms with Gasteiger partial charge in [-0.25, -0.2) is 0 Å². The van der Waals surface area contributed by atoms with Crippen molar-refractivity contribution >= 4 is 11.6 Å². The van der Waals surface area contributed by atoms with E-state index in [9.17, 15) is 5.11 Å². The average Bonchev–Trinajstić information content (AvgIpc) is 2.16. The van der Waals surface area contributed by atoms with E-state index in [1.807, 2.05) is 0 Å². The van der Waals surface area contributed by atoms with Gasteiger partial charge in [0, 0.05) is 16.6 Å². The summed E-state index contributed by atoms with van der Waals surface area (Å²) >= 11 is 5.82. The van der Waals surface area contributed by atoms with Crippen molar-refractivity contribution in [1.82, 2.24) is 0 Å². The molecule has 2 atom stereocenters. The fraction of sp³-hybridized carbons (Fsp3) is 0.400. The number of ether oxygens (including phenoxy) is 1. The Morgan fingerprint density at radius 2 is 2.14 bits per heavy atom. The molecule has 0 aromatic heterocycles. The Morgan fingerprint density at radius 1 is 1.50 bits per heavy atom. The van der Waals surface area contributed by atoms with E-state index < -0.39 is 6.10 Å². The second-order valence-corrected chi connectivity index (χ2v) is 3.63. The van der Waals surface area contributed by atoms with Crippen LogP contribution in [0.2, 0.25) is 5.02 Å². The number of aliphatic hydroxyl groups is 1. The molecule has 0 saturated carbocycles. The average molecular weight is 216 g/mol. The van der Waals surface area contributed by atoms with Gasteiger partial charge in [0.1, 0.15) is 5.75 Å². The highest BCUT2D eigenvalue weighted by molar-refractivity contribution is 6.30. The predicted octanol–water partition coefficient (Wildman–Crippen LogP) is 1.73. The summed E-state index contributed by atoms with van der Waals surface area (Å²) in [5.41, 5.74) is 6.21. The van der Waals surface area contributed by atoms with Gasteiger partial charge in [-0.05, 0) is 25.1 Å². The standard InChI is InChI=1S/C10H14ClNO2/c1-6(12)10(13)8-5-7(11)3-4-9(8)14-2/h3-6,10,13H,12H2,1-2H3. The van der Waals surface area contributed by atoms with Crippen LogP contribution in [0.5, 0.6) is 5.75 Å². The number of hydrogen-bond donors (Lipinski definition) is 2. The van der Waals surface area contributed by atoms with Gasteiger partial charge < -0.3 is 15.6 Å². The molecule has 1 aromatic rings. The minimum atomic E-state index is -0.761. The monoisotopic (exact) mass is 215 g/mol. The van der Waals surface area contributed by atoms with Crippen LogP contribution in [0.15, 0.2) is 18.2 Å². The number of aliphatic hydroxyl groups excluding tert-OH is 1. The molecule has 0 saturated heterocycles. The Bertz CT molecular complexity index is 315. The fourth-order valence-electron chi connectivity index (χ4n) is 1.22. The Hall–Kier alpha value is -0.770. The van der Waals surface area contributed by atoms with Crippen LogP contribution in [-0.4, -0.2) is 18.3 Å². The lowest BCUT2D eigenvalue weighted by Gasteiger charge is -2.17. The summed E-state index contributed by atoms with van der Waals surface area (Å²) in [6.45, 7) is 1.73. The normalized spacial score (nSPS) is 14.9. The SMILES string of the molecule is COc1ccc(Cl)cc1C(O)C(C)N. The molecule has 1 aromatic carbocycles. The summed E-state index contributed by atoms with van der Waals surface area (Å²) < 4.78 is 5.10. The zero-order valence-corrected chi connectivity index (χ0v) is 8.95. The highest BCUT2D eigenvalue weighted by Gasteiger charge is 2.17. The van der Waals surface area contributed by atoms with E-state index in [0.29, 0.717) is 16.3 Å². The lowest BCUT2D eigenvalue weighted by molar-refractivity contribution is 0.149. The summed E-state index contributed by atoms with van der Waals surface area (Å²) in [6, 6.07) is 4.72. The molecule has 14 heavy (non-hydrogen) atoms. The summed E-state index contributed by atoms with van der Waals surface area (Å²) in [6.07, 6.45) is -0.761. The fourth-order valence-corrected chi connectivity index (χ4v) is 1.40. The predicted molar refractivity (Wildman–Crippen MR) is 56.6 cm³/mol. The van der Waals surface area contributed by atoms with Gasteiger partial charge in [-0.15, -0.1) is 0 Å². The zero-order valence-electron chi connectivity index (χ0n) is 8.20. The van der Waals surface area contributed by atoms with E-state index in [0.717, 1.165) is 0 Å². The molecule has 0 radical (unpaired) electrons. The van der Waals surface area contributed by atoms with Gasteiger partial charge in [0.15, 0.2) is 0 Å². The highest BCUT2D eigenvalue weighted by Crippen LogP contribution is 2.29. The van der Waals surface area contributed by atoms with Crippen molar-refractivity contribution < 1.29 is 9.84 Å². The maximum absolute atomic E-state index is 9.77. The molecule has 0 heterocycles. The Kier molecular flexibility index (Phi) is 3.75. The Morgan fingerprint density at radius 3 is 2.64 bits per heavy atom. The van der Waals surface area contributed by atoms with Crippen molar-refractivity contribution in [3.63, 3.8) is 0 Å². The van der Waals surface area contributed by atoms with Gasteiger partial charge in [0.25, 0.3) is 0 Å². The van der Waals surface area contributed by atoms with E-state index in [2.05, 4.69) is 0 Å². The molecule has 4 heteroatoms. The van der Waals surface area contributed by atoms with E-state index in [-0.39, 0.29) is 6.04 Å². The third-order valence-corrected chi connectivity index (χ3v) is 2.24. The third-order valence-electron chi connectivity index (χ3n) is 2.01. The molecule has 0 fully saturated rings. The lowest BCUT2D eigenvalue weighted by Crippen LogP contribution is -2.24. The van der Waals surface area contributed by atoms with Gasteiger partial charge in [-0.1, -0.05) is 11.6 Å². The quantitative estimate of drug-likeness (QED) is 0.808. The van der Waals surface area contributed by atoms with Gasteiger partial charge >= 0.3 is 0 Å². The van der Waals surface area contributed by atoms with Crippen LogP contribution in [0.1, 0.15) is 18.6 Å². The van der Waals surface area contributed by atoms with Crippen molar-refractivity contribution in [2.75, 3.05) is 7.11 Å². The second kappa shape index (κ2) is 4.64. The van der Waals surface area contributed by atoms with Gasteiger partial charge in [0.2, 0.25) is 0 Å². The molecule has 0 spiro atoms. The smallest absolute Gasteiger partial charge is 0.124 e. The van der Waals surface area contributed by atoms with Gasteiger partial charge in [-0.3, -0.25) is 0 Å². The van der Waals surface area contributed by atoms with E-state index in [1.165, 1.54) is 0 Å². The molecule has 3 nitrogen and oxygen atoms in total.